The molecule has 0 radical (unpaired) electrons. The Morgan fingerprint density at radius 1 is 1.00 bits per heavy atom. The number of imidazole rings is 1. The summed E-state index contributed by atoms with van der Waals surface area (Å²) in [4.78, 5) is 5.35. The summed E-state index contributed by atoms with van der Waals surface area (Å²) < 4.78 is 2.20. The minimum atomic E-state index is 0. The molecule has 0 bridgehead atoms. The van der Waals surface area contributed by atoms with E-state index in [2.05, 4.69) is 65.0 Å². The van der Waals surface area contributed by atoms with Crippen LogP contribution in [-0.4, -0.2) is 14.4 Å². The number of benzene rings is 2. The van der Waals surface area contributed by atoms with Gasteiger partial charge in [0.15, 0.2) is 0 Å². The van der Waals surface area contributed by atoms with Crippen molar-refractivity contribution in [1.82, 2.24) is 9.55 Å². The molecule has 1 heterocycles. The molecule has 0 aliphatic carbocycles. The van der Waals surface area contributed by atoms with Crippen LogP contribution in [0.3, 0.4) is 0 Å². The van der Waals surface area contributed by atoms with Crippen LogP contribution in [0.4, 0.5) is 0 Å². The molecule has 2 nitrogen and oxygen atoms in total. The van der Waals surface area contributed by atoms with Gasteiger partial charge in [0.2, 0.25) is 0 Å². The van der Waals surface area contributed by atoms with Gasteiger partial charge in [0.05, 0.1) is 24.3 Å². The highest BCUT2D eigenvalue weighted by Gasteiger charge is 2.19. The maximum absolute atomic E-state index is 5.62. The zero-order chi connectivity index (χ0) is 16.1. The van der Waals surface area contributed by atoms with E-state index in [1.165, 1.54) is 11.1 Å². The third-order valence-corrected chi connectivity index (χ3v) is 4.35. The molecule has 0 spiro atoms. The Hall–Kier alpha value is -1.97. The lowest BCUT2D eigenvalue weighted by atomic mass is 9.98. The fourth-order valence-electron chi connectivity index (χ4n) is 2.87. The first-order chi connectivity index (χ1) is 11.3. The van der Waals surface area contributed by atoms with E-state index in [4.69, 9.17) is 12.2 Å². The molecule has 0 saturated carbocycles. The first kappa shape index (κ1) is 18.4. The van der Waals surface area contributed by atoms with E-state index in [9.17, 15) is 0 Å². The lowest BCUT2D eigenvalue weighted by Gasteiger charge is -2.22. The zero-order valence-electron chi connectivity index (χ0n) is 13.6. The van der Waals surface area contributed by atoms with Crippen molar-refractivity contribution in [2.75, 3.05) is 0 Å². The van der Waals surface area contributed by atoms with Gasteiger partial charge >= 0.3 is 0 Å². The fourth-order valence-corrected chi connectivity index (χ4v) is 3.23. The van der Waals surface area contributed by atoms with Gasteiger partial charge in [-0.1, -0.05) is 86.2 Å². The normalized spacial score (nSPS) is 10.4. The van der Waals surface area contributed by atoms with E-state index in [1.54, 1.807) is 0 Å². The topological polar surface area (TPSA) is 17.8 Å². The Bertz CT molecular complexity index is 729. The molecule has 0 N–H and O–H groups in total. The molecule has 0 fully saturated rings. The van der Waals surface area contributed by atoms with Crippen molar-refractivity contribution in [1.29, 1.82) is 0 Å². The van der Waals surface area contributed by atoms with Crippen LogP contribution >= 0.6 is 24.6 Å². The second-order valence-electron chi connectivity index (χ2n) is 5.58. The van der Waals surface area contributed by atoms with E-state index >= 15 is 0 Å². The molecule has 0 saturated heterocycles. The van der Waals surface area contributed by atoms with E-state index in [-0.39, 0.29) is 18.4 Å². The van der Waals surface area contributed by atoms with Crippen LogP contribution in [0.2, 0.25) is 0 Å². The van der Waals surface area contributed by atoms with Gasteiger partial charge in [-0.05, 0) is 17.5 Å². The van der Waals surface area contributed by atoms with Crippen LogP contribution in [0, 0.1) is 0 Å². The molecule has 4 heteroatoms. The predicted octanol–water partition coefficient (Wildman–Crippen LogP) is 5.46. The number of thiocarbonyl (C=S) groups is 1. The molecular weight excluding hydrogens is 336 g/mol. The fraction of sp³-hybridized carbons (Fsp3) is 0.200. The maximum Gasteiger partial charge on any atom is 0.0959 e. The van der Waals surface area contributed by atoms with Gasteiger partial charge in [-0.15, -0.1) is 12.4 Å². The third-order valence-electron chi connectivity index (χ3n) is 3.94. The molecule has 0 unspecified atom stereocenters. The number of rotatable bonds is 6. The molecule has 2 aromatic carbocycles. The van der Waals surface area contributed by atoms with Crippen molar-refractivity contribution < 1.29 is 0 Å². The average Bonchev–Trinajstić information content (AvgIpc) is 3.07. The molecule has 0 amide bonds. The minimum Gasteiger partial charge on any atom is -0.318 e. The summed E-state index contributed by atoms with van der Waals surface area (Å²) in [5.41, 5.74) is 3.51. The van der Waals surface area contributed by atoms with Crippen LogP contribution < -0.4 is 0 Å². The van der Waals surface area contributed by atoms with Crippen molar-refractivity contribution in [2.24, 2.45) is 0 Å². The van der Waals surface area contributed by atoms with Crippen LogP contribution in [-0.2, 0) is 0 Å². The number of nitrogens with zero attached hydrogens (tertiary/aromatic N) is 2. The van der Waals surface area contributed by atoms with Gasteiger partial charge in [-0.2, -0.15) is 0 Å². The molecule has 0 aliphatic rings. The number of hydrogen-bond donors (Lipinski definition) is 0. The quantitative estimate of drug-likeness (QED) is 0.431. The number of aromatic nitrogens is 2. The first-order valence-corrected chi connectivity index (χ1v) is 8.37. The highest BCUT2D eigenvalue weighted by atomic mass is 35.5. The third kappa shape index (κ3) is 3.92. The van der Waals surface area contributed by atoms with Crippen LogP contribution in [0.25, 0.3) is 0 Å². The largest absolute Gasteiger partial charge is 0.318 e. The van der Waals surface area contributed by atoms with Crippen LogP contribution in [0.1, 0.15) is 42.6 Å². The summed E-state index contributed by atoms with van der Waals surface area (Å²) in [6.07, 6.45) is 5.74. The Labute approximate surface area is 155 Å². The van der Waals surface area contributed by atoms with E-state index < -0.39 is 0 Å². The van der Waals surface area contributed by atoms with Gasteiger partial charge in [0.1, 0.15) is 0 Å². The Morgan fingerprint density at radius 3 is 2.04 bits per heavy atom. The summed E-state index contributed by atoms with van der Waals surface area (Å²) >= 11 is 5.62. The summed E-state index contributed by atoms with van der Waals surface area (Å²) in [6.45, 7) is 2.15. The monoisotopic (exact) mass is 356 g/mol. The molecule has 0 atom stereocenters. The second-order valence-corrected chi connectivity index (χ2v) is 6.08. The summed E-state index contributed by atoms with van der Waals surface area (Å²) in [7, 11) is 0. The van der Waals surface area contributed by atoms with E-state index in [0.717, 1.165) is 23.4 Å². The minimum absolute atomic E-state index is 0. The molecule has 0 aliphatic heterocycles. The summed E-state index contributed by atoms with van der Waals surface area (Å²) in [6, 6.07) is 21.1. The summed E-state index contributed by atoms with van der Waals surface area (Å²) in [5, 5.41) is 0. The smallest absolute Gasteiger partial charge is 0.0959 e. The number of halogens is 1. The Balaban J connectivity index is 0.00000208. The molecule has 3 aromatic rings. The lowest BCUT2D eigenvalue weighted by molar-refractivity contribution is 0.671. The van der Waals surface area contributed by atoms with Gasteiger partial charge in [-0.3, -0.25) is 0 Å². The molecule has 1 aromatic heterocycles. The highest BCUT2D eigenvalue weighted by Crippen LogP contribution is 2.28. The van der Waals surface area contributed by atoms with Gasteiger partial charge < -0.3 is 4.57 Å². The first-order valence-electron chi connectivity index (χ1n) is 7.96. The zero-order valence-corrected chi connectivity index (χ0v) is 15.3. The average molecular weight is 357 g/mol. The SMILES string of the molecule is CCCC(=S)c1cncn1C(c1ccccc1)c1ccccc1.Cl. The van der Waals surface area contributed by atoms with Crippen molar-refractivity contribution >= 4 is 29.5 Å². The van der Waals surface area contributed by atoms with Crippen molar-refractivity contribution in [3.8, 4) is 0 Å². The molecule has 3 rings (SSSR count). The van der Waals surface area contributed by atoms with Crippen molar-refractivity contribution in [3.05, 3.63) is 90.0 Å². The molecule has 124 valence electrons. The lowest BCUT2D eigenvalue weighted by Crippen LogP contribution is -2.16. The van der Waals surface area contributed by atoms with Crippen molar-refractivity contribution in [3.63, 3.8) is 0 Å². The van der Waals surface area contributed by atoms with E-state index in [0.29, 0.717) is 0 Å². The maximum atomic E-state index is 5.62. The van der Waals surface area contributed by atoms with Crippen LogP contribution in [0.15, 0.2) is 73.2 Å². The van der Waals surface area contributed by atoms with Gasteiger partial charge in [-0.25, -0.2) is 4.98 Å². The van der Waals surface area contributed by atoms with Crippen LogP contribution in [0.5, 0.6) is 0 Å². The standard InChI is InChI=1S/C20H20N2S.ClH/c1-2-9-19(23)18-14-21-15-22(18)20(16-10-5-3-6-11-16)17-12-7-4-8-13-17;/h3-8,10-15,20H,2,9H2,1H3;1H. The van der Waals surface area contributed by atoms with E-state index in [1.807, 2.05) is 24.7 Å². The summed E-state index contributed by atoms with van der Waals surface area (Å²) in [5.74, 6) is 0. The molecular formula is C20H21ClN2S. The molecule has 24 heavy (non-hydrogen) atoms. The predicted molar refractivity (Wildman–Crippen MR) is 106 cm³/mol. The van der Waals surface area contributed by atoms with Crippen molar-refractivity contribution in [2.45, 2.75) is 25.8 Å². The highest BCUT2D eigenvalue weighted by molar-refractivity contribution is 7.80. The second kappa shape index (κ2) is 8.76. The van der Waals surface area contributed by atoms with Gasteiger partial charge in [0, 0.05) is 4.86 Å². The number of hydrogen-bond acceptors (Lipinski definition) is 2. The Morgan fingerprint density at radius 2 is 1.54 bits per heavy atom. The Kier molecular flexibility index (Phi) is 6.71. The van der Waals surface area contributed by atoms with Gasteiger partial charge in [0.25, 0.3) is 0 Å².